The second-order valence-electron chi connectivity index (χ2n) is 4.39. The summed E-state index contributed by atoms with van der Waals surface area (Å²) < 4.78 is 0.110. The highest BCUT2D eigenvalue weighted by Crippen LogP contribution is 2.22. The number of carbonyl (C=O) groups excluding carboxylic acids is 1. The van der Waals surface area contributed by atoms with E-state index >= 15 is 0 Å². The van der Waals surface area contributed by atoms with Gasteiger partial charge in [-0.05, 0) is 6.92 Å². The zero-order valence-corrected chi connectivity index (χ0v) is 10.4. The van der Waals surface area contributed by atoms with Crippen LogP contribution in [0.15, 0.2) is 6.07 Å². The van der Waals surface area contributed by atoms with E-state index in [2.05, 4.69) is 36.3 Å². The van der Waals surface area contributed by atoms with Crippen LogP contribution in [-0.4, -0.2) is 26.6 Å². The van der Waals surface area contributed by atoms with E-state index in [0.29, 0.717) is 11.6 Å². The van der Waals surface area contributed by atoms with Crippen molar-refractivity contribution in [2.45, 2.75) is 32.4 Å². The van der Waals surface area contributed by atoms with Crippen LogP contribution in [0.2, 0.25) is 0 Å². The number of aromatic amines is 1. The molecule has 0 fully saturated rings. The average Bonchev–Trinajstić information content (AvgIpc) is 2.47. The van der Waals surface area contributed by atoms with Crippen molar-refractivity contribution in [3.05, 3.63) is 11.8 Å². The fourth-order valence-electron chi connectivity index (χ4n) is 0.943. The number of anilines is 1. The molecule has 84 valence electrons. The van der Waals surface area contributed by atoms with E-state index < -0.39 is 0 Å². The molecule has 0 spiro atoms. The number of nitrogens with zero attached hydrogens (tertiary/aromatic N) is 1. The van der Waals surface area contributed by atoms with Crippen molar-refractivity contribution in [3.63, 3.8) is 0 Å². The van der Waals surface area contributed by atoms with E-state index in [1.807, 2.05) is 6.92 Å². The summed E-state index contributed by atoms with van der Waals surface area (Å²) in [6.07, 6.45) is 0. The molecule has 2 N–H and O–H groups in total. The van der Waals surface area contributed by atoms with Crippen molar-refractivity contribution >= 4 is 23.5 Å². The third-order valence-corrected chi connectivity index (χ3v) is 2.88. The molecule has 0 saturated heterocycles. The van der Waals surface area contributed by atoms with Gasteiger partial charge in [0.05, 0.1) is 5.75 Å². The molecule has 1 aromatic rings. The van der Waals surface area contributed by atoms with Crippen molar-refractivity contribution in [3.8, 4) is 0 Å². The second kappa shape index (κ2) is 4.70. The van der Waals surface area contributed by atoms with Crippen LogP contribution in [0, 0.1) is 6.92 Å². The smallest absolute Gasteiger partial charge is 0.235 e. The van der Waals surface area contributed by atoms with Crippen molar-refractivity contribution < 1.29 is 4.79 Å². The number of thioether (sulfide) groups is 1. The van der Waals surface area contributed by atoms with Crippen molar-refractivity contribution in [2.24, 2.45) is 0 Å². The van der Waals surface area contributed by atoms with Gasteiger partial charge in [-0.3, -0.25) is 9.89 Å². The molecule has 0 radical (unpaired) electrons. The molecule has 1 aromatic heterocycles. The van der Waals surface area contributed by atoms with Crippen LogP contribution in [0.4, 0.5) is 5.82 Å². The minimum atomic E-state index is -0.0126. The Hall–Kier alpha value is -0.970. The van der Waals surface area contributed by atoms with Crippen LogP contribution < -0.4 is 5.32 Å². The molecule has 5 heteroatoms. The highest BCUT2D eigenvalue weighted by atomic mass is 32.2. The molecular weight excluding hydrogens is 210 g/mol. The van der Waals surface area contributed by atoms with Crippen molar-refractivity contribution in [1.29, 1.82) is 0 Å². The maximum Gasteiger partial charge on any atom is 0.235 e. The Morgan fingerprint density at radius 2 is 2.27 bits per heavy atom. The predicted octanol–water partition coefficient (Wildman–Crippen LogP) is 2.19. The van der Waals surface area contributed by atoms with E-state index in [-0.39, 0.29) is 10.7 Å². The first-order valence-electron chi connectivity index (χ1n) is 4.83. The van der Waals surface area contributed by atoms with Gasteiger partial charge in [0.2, 0.25) is 5.91 Å². The van der Waals surface area contributed by atoms with Gasteiger partial charge < -0.3 is 5.32 Å². The zero-order valence-electron chi connectivity index (χ0n) is 9.55. The summed E-state index contributed by atoms with van der Waals surface area (Å²) in [5.74, 6) is 1.03. The van der Waals surface area contributed by atoms with E-state index in [0.717, 1.165) is 5.69 Å². The molecule has 0 aliphatic heterocycles. The summed E-state index contributed by atoms with van der Waals surface area (Å²) in [5, 5.41) is 9.44. The zero-order chi connectivity index (χ0) is 11.5. The summed E-state index contributed by atoms with van der Waals surface area (Å²) in [6, 6.07) is 1.81. The molecule has 1 amide bonds. The van der Waals surface area contributed by atoms with Gasteiger partial charge >= 0.3 is 0 Å². The molecule has 0 bridgehead atoms. The Balaban J connectivity index is 2.37. The molecule has 4 nitrogen and oxygen atoms in total. The van der Waals surface area contributed by atoms with Crippen molar-refractivity contribution in [1.82, 2.24) is 10.2 Å². The van der Waals surface area contributed by atoms with Crippen LogP contribution in [0.25, 0.3) is 0 Å². The number of rotatable bonds is 3. The number of carbonyl (C=O) groups is 1. The third kappa shape index (κ3) is 4.88. The largest absolute Gasteiger partial charge is 0.308 e. The third-order valence-electron chi connectivity index (χ3n) is 1.61. The lowest BCUT2D eigenvalue weighted by Gasteiger charge is -2.16. The van der Waals surface area contributed by atoms with Crippen molar-refractivity contribution in [2.75, 3.05) is 11.1 Å². The summed E-state index contributed by atoms with van der Waals surface area (Å²) in [5.41, 5.74) is 0.939. The molecule has 0 saturated carbocycles. The fourth-order valence-corrected chi connectivity index (χ4v) is 1.58. The lowest BCUT2D eigenvalue weighted by atomic mass is 10.3. The Morgan fingerprint density at radius 1 is 1.60 bits per heavy atom. The number of hydrogen-bond donors (Lipinski definition) is 2. The topological polar surface area (TPSA) is 57.8 Å². The maximum absolute atomic E-state index is 11.5. The average molecular weight is 227 g/mol. The molecule has 15 heavy (non-hydrogen) atoms. The Bertz CT molecular complexity index is 341. The van der Waals surface area contributed by atoms with Crippen LogP contribution in [0.3, 0.4) is 0 Å². The Morgan fingerprint density at radius 3 is 2.73 bits per heavy atom. The Labute approximate surface area is 94.2 Å². The van der Waals surface area contributed by atoms with Gasteiger partial charge in [0.15, 0.2) is 5.82 Å². The van der Waals surface area contributed by atoms with Crippen LogP contribution in [0.5, 0.6) is 0 Å². The quantitative estimate of drug-likeness (QED) is 0.832. The normalized spacial score (nSPS) is 11.5. The standard InChI is InChI=1S/C10H17N3OS/c1-7-5-8(13-12-7)11-9(14)6-15-10(2,3)4/h5H,6H2,1-4H3,(H2,11,12,13,14). The van der Waals surface area contributed by atoms with Crippen LogP contribution in [-0.2, 0) is 4.79 Å². The molecule has 0 atom stereocenters. The van der Waals surface area contributed by atoms with Gasteiger partial charge in [-0.1, -0.05) is 20.8 Å². The minimum absolute atomic E-state index is 0.0126. The number of nitrogens with one attached hydrogen (secondary N) is 2. The summed E-state index contributed by atoms with van der Waals surface area (Å²) in [6.45, 7) is 8.16. The van der Waals surface area contributed by atoms with Gasteiger partial charge in [-0.2, -0.15) is 5.10 Å². The van der Waals surface area contributed by atoms with E-state index in [1.165, 1.54) is 0 Å². The van der Waals surface area contributed by atoms with Gasteiger partial charge in [0.25, 0.3) is 0 Å². The molecule has 1 rings (SSSR count). The first kappa shape index (κ1) is 12.1. The summed E-state index contributed by atoms with van der Waals surface area (Å²) in [7, 11) is 0. The number of amides is 1. The molecule has 0 aliphatic rings. The monoisotopic (exact) mass is 227 g/mol. The molecule has 1 heterocycles. The molecule has 0 aliphatic carbocycles. The second-order valence-corrected chi connectivity index (χ2v) is 6.19. The number of aromatic nitrogens is 2. The molecule has 0 unspecified atom stereocenters. The van der Waals surface area contributed by atoms with Gasteiger partial charge in [0.1, 0.15) is 0 Å². The van der Waals surface area contributed by atoms with Gasteiger partial charge in [0, 0.05) is 16.5 Å². The number of hydrogen-bond acceptors (Lipinski definition) is 3. The summed E-state index contributed by atoms with van der Waals surface area (Å²) in [4.78, 5) is 11.5. The Kier molecular flexibility index (Phi) is 3.79. The van der Waals surface area contributed by atoms with Crippen LogP contribution >= 0.6 is 11.8 Å². The minimum Gasteiger partial charge on any atom is -0.308 e. The lowest BCUT2D eigenvalue weighted by molar-refractivity contribution is -0.113. The SMILES string of the molecule is Cc1cc(NC(=O)CSC(C)(C)C)n[nH]1. The molecular formula is C10H17N3OS. The van der Waals surface area contributed by atoms with Crippen LogP contribution in [0.1, 0.15) is 26.5 Å². The highest BCUT2D eigenvalue weighted by molar-refractivity contribution is 8.01. The summed E-state index contributed by atoms with van der Waals surface area (Å²) >= 11 is 1.62. The van der Waals surface area contributed by atoms with Gasteiger partial charge in [-0.25, -0.2) is 0 Å². The number of aryl methyl sites for hydroxylation is 1. The first-order valence-corrected chi connectivity index (χ1v) is 5.81. The predicted molar refractivity (Wildman–Crippen MR) is 64.2 cm³/mol. The van der Waals surface area contributed by atoms with E-state index in [4.69, 9.17) is 0 Å². The lowest BCUT2D eigenvalue weighted by Crippen LogP contribution is -2.19. The highest BCUT2D eigenvalue weighted by Gasteiger charge is 2.13. The number of H-pyrrole nitrogens is 1. The van der Waals surface area contributed by atoms with Gasteiger partial charge in [-0.15, -0.1) is 11.8 Å². The molecule has 0 aromatic carbocycles. The van der Waals surface area contributed by atoms with E-state index in [9.17, 15) is 4.79 Å². The maximum atomic E-state index is 11.5. The van der Waals surface area contributed by atoms with E-state index in [1.54, 1.807) is 17.8 Å². The first-order chi connectivity index (χ1) is 6.87. The fraction of sp³-hybridized carbons (Fsp3) is 0.600.